The zero-order chi connectivity index (χ0) is 14.8. The maximum Gasteiger partial charge on any atom is 0.126 e. The Hall–Kier alpha value is -2.42. The van der Waals surface area contributed by atoms with Crippen LogP contribution in [0.15, 0.2) is 48.5 Å². The summed E-state index contributed by atoms with van der Waals surface area (Å²) < 4.78 is 13.6. The lowest BCUT2D eigenvalue weighted by Gasteiger charge is -2.01. The molecule has 106 valence electrons. The molecule has 0 amide bonds. The van der Waals surface area contributed by atoms with Crippen LogP contribution in [-0.4, -0.2) is 10.2 Å². The average molecular weight is 280 g/mol. The summed E-state index contributed by atoms with van der Waals surface area (Å²) in [6.45, 7) is 3.83. The summed E-state index contributed by atoms with van der Waals surface area (Å²) in [6, 6.07) is 15.6. The predicted octanol–water partition coefficient (Wildman–Crippen LogP) is 4.42. The number of halogens is 1. The Kier molecular flexibility index (Phi) is 3.57. The van der Waals surface area contributed by atoms with Gasteiger partial charge in [0, 0.05) is 17.7 Å². The van der Waals surface area contributed by atoms with Gasteiger partial charge in [-0.15, -0.1) is 0 Å². The van der Waals surface area contributed by atoms with Gasteiger partial charge >= 0.3 is 0 Å². The van der Waals surface area contributed by atoms with Crippen molar-refractivity contribution in [3.8, 4) is 11.3 Å². The normalized spacial score (nSPS) is 10.8. The van der Waals surface area contributed by atoms with Gasteiger partial charge in [0.15, 0.2) is 0 Å². The Morgan fingerprint density at radius 1 is 1.00 bits per heavy atom. The van der Waals surface area contributed by atoms with Crippen molar-refractivity contribution in [1.29, 1.82) is 0 Å². The van der Waals surface area contributed by atoms with Crippen molar-refractivity contribution in [2.45, 2.75) is 20.3 Å². The van der Waals surface area contributed by atoms with E-state index in [1.54, 1.807) is 13.0 Å². The molecule has 3 aromatic rings. The number of nitrogens with zero attached hydrogens (tertiary/aromatic N) is 1. The van der Waals surface area contributed by atoms with E-state index in [1.807, 2.05) is 18.2 Å². The second-order valence-electron chi connectivity index (χ2n) is 5.40. The van der Waals surface area contributed by atoms with E-state index in [-0.39, 0.29) is 5.82 Å². The van der Waals surface area contributed by atoms with Gasteiger partial charge in [-0.3, -0.25) is 5.10 Å². The Bertz CT molecular complexity index is 757. The van der Waals surface area contributed by atoms with Gasteiger partial charge in [0.05, 0.1) is 5.69 Å². The molecule has 0 radical (unpaired) electrons. The van der Waals surface area contributed by atoms with Gasteiger partial charge in [0.1, 0.15) is 5.82 Å². The smallest absolute Gasteiger partial charge is 0.126 e. The predicted molar refractivity (Wildman–Crippen MR) is 82.7 cm³/mol. The van der Waals surface area contributed by atoms with Crippen LogP contribution in [0.4, 0.5) is 4.39 Å². The van der Waals surface area contributed by atoms with Crippen LogP contribution in [0.3, 0.4) is 0 Å². The molecule has 3 rings (SSSR count). The lowest BCUT2D eigenvalue weighted by atomic mass is 10.1. The highest BCUT2D eigenvalue weighted by atomic mass is 19.1. The van der Waals surface area contributed by atoms with Crippen LogP contribution >= 0.6 is 0 Å². The molecule has 0 atom stereocenters. The Labute approximate surface area is 123 Å². The Morgan fingerprint density at radius 2 is 1.76 bits per heavy atom. The minimum atomic E-state index is -0.161. The molecular formula is C18H17FN2. The fourth-order valence-electron chi connectivity index (χ4n) is 2.29. The van der Waals surface area contributed by atoms with Crippen molar-refractivity contribution < 1.29 is 4.39 Å². The third-order valence-corrected chi connectivity index (χ3v) is 3.61. The van der Waals surface area contributed by atoms with Crippen LogP contribution < -0.4 is 0 Å². The van der Waals surface area contributed by atoms with Crippen molar-refractivity contribution >= 4 is 0 Å². The number of hydrogen-bond donors (Lipinski definition) is 1. The van der Waals surface area contributed by atoms with E-state index in [0.29, 0.717) is 12.0 Å². The van der Waals surface area contributed by atoms with Gasteiger partial charge in [-0.2, -0.15) is 5.10 Å². The van der Waals surface area contributed by atoms with Crippen LogP contribution in [0.1, 0.15) is 22.4 Å². The first-order valence-electron chi connectivity index (χ1n) is 6.98. The van der Waals surface area contributed by atoms with Gasteiger partial charge in [-0.1, -0.05) is 42.0 Å². The van der Waals surface area contributed by atoms with E-state index < -0.39 is 0 Å². The molecule has 0 aliphatic heterocycles. The van der Waals surface area contributed by atoms with E-state index in [4.69, 9.17) is 0 Å². The summed E-state index contributed by atoms with van der Waals surface area (Å²) in [5.41, 5.74) is 5.81. The van der Waals surface area contributed by atoms with Gasteiger partial charge in [0.2, 0.25) is 0 Å². The number of benzene rings is 2. The molecule has 1 N–H and O–H groups in total. The Balaban J connectivity index is 1.81. The monoisotopic (exact) mass is 280 g/mol. The summed E-state index contributed by atoms with van der Waals surface area (Å²) in [4.78, 5) is 0. The van der Waals surface area contributed by atoms with Crippen LogP contribution in [0.25, 0.3) is 11.3 Å². The van der Waals surface area contributed by atoms with Crippen molar-refractivity contribution in [2.24, 2.45) is 0 Å². The molecule has 2 aromatic carbocycles. The molecule has 0 aliphatic rings. The van der Waals surface area contributed by atoms with Crippen LogP contribution in [0.5, 0.6) is 0 Å². The summed E-state index contributed by atoms with van der Waals surface area (Å²) in [5, 5.41) is 7.36. The Morgan fingerprint density at radius 3 is 2.48 bits per heavy atom. The minimum absolute atomic E-state index is 0.161. The van der Waals surface area contributed by atoms with E-state index in [9.17, 15) is 4.39 Å². The fourth-order valence-corrected chi connectivity index (χ4v) is 2.29. The lowest BCUT2D eigenvalue weighted by Crippen LogP contribution is -1.91. The van der Waals surface area contributed by atoms with Crippen LogP contribution in [0, 0.1) is 19.7 Å². The van der Waals surface area contributed by atoms with Gasteiger partial charge < -0.3 is 0 Å². The SMILES string of the molecule is Cc1ccc(-c2cc(Cc3ccc(C)c(F)c3)[nH]n2)cc1. The molecular weight excluding hydrogens is 263 g/mol. The second-order valence-corrected chi connectivity index (χ2v) is 5.40. The largest absolute Gasteiger partial charge is 0.282 e. The molecule has 0 unspecified atom stereocenters. The highest BCUT2D eigenvalue weighted by Crippen LogP contribution is 2.20. The van der Waals surface area contributed by atoms with E-state index in [1.165, 1.54) is 5.56 Å². The third kappa shape index (κ3) is 3.02. The first-order valence-corrected chi connectivity index (χ1v) is 6.98. The summed E-state index contributed by atoms with van der Waals surface area (Å²) in [7, 11) is 0. The minimum Gasteiger partial charge on any atom is -0.282 e. The fraction of sp³-hybridized carbons (Fsp3) is 0.167. The molecule has 0 spiro atoms. The maximum atomic E-state index is 13.6. The van der Waals surface area contributed by atoms with E-state index >= 15 is 0 Å². The quantitative estimate of drug-likeness (QED) is 0.755. The summed E-state index contributed by atoms with van der Waals surface area (Å²) in [6.07, 6.45) is 0.649. The van der Waals surface area contributed by atoms with Crippen molar-refractivity contribution in [3.63, 3.8) is 0 Å². The molecule has 0 aliphatic carbocycles. The molecule has 1 heterocycles. The molecule has 2 nitrogen and oxygen atoms in total. The molecule has 0 bridgehead atoms. The van der Waals surface area contributed by atoms with Crippen molar-refractivity contribution in [1.82, 2.24) is 10.2 Å². The zero-order valence-electron chi connectivity index (χ0n) is 12.2. The molecule has 0 saturated heterocycles. The summed E-state index contributed by atoms with van der Waals surface area (Å²) >= 11 is 0. The van der Waals surface area contributed by atoms with Crippen LogP contribution in [-0.2, 0) is 6.42 Å². The van der Waals surface area contributed by atoms with Gasteiger partial charge in [0.25, 0.3) is 0 Å². The number of aromatic nitrogens is 2. The molecule has 0 fully saturated rings. The van der Waals surface area contributed by atoms with Gasteiger partial charge in [-0.05, 0) is 37.1 Å². The van der Waals surface area contributed by atoms with Gasteiger partial charge in [-0.25, -0.2) is 4.39 Å². The van der Waals surface area contributed by atoms with Crippen LogP contribution in [0.2, 0.25) is 0 Å². The average Bonchev–Trinajstić information content (AvgIpc) is 2.92. The number of nitrogens with one attached hydrogen (secondary N) is 1. The first kappa shape index (κ1) is 13.6. The van der Waals surface area contributed by atoms with E-state index in [0.717, 1.165) is 22.5 Å². The molecule has 1 aromatic heterocycles. The lowest BCUT2D eigenvalue weighted by molar-refractivity contribution is 0.616. The molecule has 0 saturated carbocycles. The van der Waals surface area contributed by atoms with Crippen molar-refractivity contribution in [2.75, 3.05) is 0 Å². The van der Waals surface area contributed by atoms with E-state index in [2.05, 4.69) is 41.4 Å². The number of rotatable bonds is 3. The maximum absolute atomic E-state index is 13.6. The standard InChI is InChI=1S/C18H17FN2/c1-12-3-7-15(8-4-12)18-11-16(20-21-18)9-14-6-5-13(2)17(19)10-14/h3-8,10-11H,9H2,1-2H3,(H,20,21). The third-order valence-electron chi connectivity index (χ3n) is 3.61. The zero-order valence-corrected chi connectivity index (χ0v) is 12.2. The van der Waals surface area contributed by atoms with Crippen molar-refractivity contribution in [3.05, 3.63) is 76.7 Å². The highest BCUT2D eigenvalue weighted by Gasteiger charge is 2.06. The number of aryl methyl sites for hydroxylation is 2. The number of aromatic amines is 1. The topological polar surface area (TPSA) is 28.7 Å². The second kappa shape index (κ2) is 5.52. The number of hydrogen-bond acceptors (Lipinski definition) is 1. The molecule has 3 heteroatoms. The summed E-state index contributed by atoms with van der Waals surface area (Å²) in [5.74, 6) is -0.161. The molecule has 21 heavy (non-hydrogen) atoms. The number of H-pyrrole nitrogens is 1. The first-order chi connectivity index (χ1) is 10.1. The highest BCUT2D eigenvalue weighted by molar-refractivity contribution is 5.59.